The van der Waals surface area contributed by atoms with E-state index in [1.165, 1.54) is 18.4 Å². The summed E-state index contributed by atoms with van der Waals surface area (Å²) in [6, 6.07) is 0. The van der Waals surface area contributed by atoms with Crippen molar-refractivity contribution in [2.24, 2.45) is 11.8 Å². The highest BCUT2D eigenvalue weighted by Crippen LogP contribution is 2.16. The van der Waals surface area contributed by atoms with Crippen molar-refractivity contribution < 1.29 is 4.79 Å². The van der Waals surface area contributed by atoms with Gasteiger partial charge in [0.2, 0.25) is 0 Å². The van der Waals surface area contributed by atoms with Crippen LogP contribution in [-0.2, 0) is 4.79 Å². The number of hydrogen-bond donors (Lipinski definition) is 0. The lowest BCUT2D eigenvalue weighted by atomic mass is 9.95. The first-order valence-electron chi connectivity index (χ1n) is 5.21. The molecule has 0 rings (SSSR count). The van der Waals surface area contributed by atoms with Crippen LogP contribution in [0.3, 0.4) is 0 Å². The molecule has 0 aromatic heterocycles. The Morgan fingerprint density at radius 3 is 2.23 bits per heavy atom. The van der Waals surface area contributed by atoms with Crippen LogP contribution in [0.15, 0.2) is 11.6 Å². The minimum atomic E-state index is 0.128. The van der Waals surface area contributed by atoms with Crippen molar-refractivity contribution in [3.8, 4) is 0 Å². The Kier molecular flexibility index (Phi) is 5.68. The van der Waals surface area contributed by atoms with Crippen molar-refractivity contribution in [2.75, 3.05) is 0 Å². The van der Waals surface area contributed by atoms with E-state index in [4.69, 9.17) is 0 Å². The van der Waals surface area contributed by atoms with Gasteiger partial charge in [-0.25, -0.2) is 0 Å². The van der Waals surface area contributed by atoms with Crippen LogP contribution in [0, 0.1) is 11.8 Å². The van der Waals surface area contributed by atoms with Crippen LogP contribution in [0.2, 0.25) is 0 Å². The molecule has 1 atom stereocenters. The topological polar surface area (TPSA) is 17.1 Å². The van der Waals surface area contributed by atoms with Crippen LogP contribution in [0.1, 0.15) is 47.5 Å². The van der Waals surface area contributed by atoms with Gasteiger partial charge in [0.05, 0.1) is 0 Å². The van der Waals surface area contributed by atoms with Crippen molar-refractivity contribution >= 4 is 5.78 Å². The van der Waals surface area contributed by atoms with Gasteiger partial charge in [-0.15, -0.1) is 0 Å². The number of allylic oxidation sites excluding steroid dienone is 2. The van der Waals surface area contributed by atoms with E-state index >= 15 is 0 Å². The minimum Gasteiger partial charge on any atom is -0.295 e. The summed E-state index contributed by atoms with van der Waals surface area (Å²) in [6.45, 7) is 10.3. The fourth-order valence-corrected chi connectivity index (χ4v) is 1.19. The molecule has 0 N–H and O–H groups in total. The second-order valence-electron chi connectivity index (χ2n) is 4.14. The summed E-state index contributed by atoms with van der Waals surface area (Å²) in [5.74, 6) is 0.928. The van der Waals surface area contributed by atoms with Crippen molar-refractivity contribution in [1.82, 2.24) is 0 Å². The van der Waals surface area contributed by atoms with E-state index in [0.717, 1.165) is 0 Å². The van der Waals surface area contributed by atoms with Crippen molar-refractivity contribution in [3.63, 3.8) is 0 Å². The molecule has 0 saturated carbocycles. The summed E-state index contributed by atoms with van der Waals surface area (Å²) in [4.78, 5) is 11.4. The lowest BCUT2D eigenvalue weighted by molar-refractivity contribution is -0.117. The van der Waals surface area contributed by atoms with E-state index in [9.17, 15) is 4.79 Å². The van der Waals surface area contributed by atoms with E-state index in [0.29, 0.717) is 5.92 Å². The molecule has 0 spiro atoms. The number of rotatable bonds is 5. The molecule has 0 amide bonds. The first-order valence-corrected chi connectivity index (χ1v) is 5.21. The highest BCUT2D eigenvalue weighted by atomic mass is 16.1. The van der Waals surface area contributed by atoms with Crippen molar-refractivity contribution in [1.29, 1.82) is 0 Å². The molecule has 0 saturated heterocycles. The smallest absolute Gasteiger partial charge is 0.158 e. The number of ketones is 1. The number of carbonyl (C=O) groups excluding carboxylic acids is 1. The van der Waals surface area contributed by atoms with Crippen LogP contribution in [0.4, 0.5) is 0 Å². The molecule has 13 heavy (non-hydrogen) atoms. The molecular formula is C12H22O. The lowest BCUT2D eigenvalue weighted by Gasteiger charge is -2.10. The van der Waals surface area contributed by atoms with E-state index in [-0.39, 0.29) is 11.7 Å². The predicted molar refractivity (Wildman–Crippen MR) is 57.7 cm³/mol. The molecule has 0 aromatic rings. The molecule has 1 unspecified atom stereocenters. The van der Waals surface area contributed by atoms with Gasteiger partial charge in [-0.2, -0.15) is 0 Å². The Balaban J connectivity index is 4.22. The summed E-state index contributed by atoms with van der Waals surface area (Å²) < 4.78 is 0. The van der Waals surface area contributed by atoms with Crippen LogP contribution in [-0.4, -0.2) is 5.78 Å². The zero-order valence-electron chi connectivity index (χ0n) is 9.55. The van der Waals surface area contributed by atoms with Crippen LogP contribution < -0.4 is 0 Å². The third-order valence-corrected chi connectivity index (χ3v) is 2.44. The van der Waals surface area contributed by atoms with Gasteiger partial charge < -0.3 is 0 Å². The largest absolute Gasteiger partial charge is 0.295 e. The molecule has 0 aliphatic rings. The average molecular weight is 182 g/mol. The first kappa shape index (κ1) is 12.4. The SMILES string of the molecule is CCCC(C)/C(C)=C/C(=O)C(C)C. The summed E-state index contributed by atoms with van der Waals surface area (Å²) in [5.41, 5.74) is 1.22. The Morgan fingerprint density at radius 1 is 1.31 bits per heavy atom. The van der Waals surface area contributed by atoms with Gasteiger partial charge in [-0.05, 0) is 25.3 Å². The van der Waals surface area contributed by atoms with Crippen LogP contribution in [0.25, 0.3) is 0 Å². The van der Waals surface area contributed by atoms with Gasteiger partial charge in [0.15, 0.2) is 5.78 Å². The van der Waals surface area contributed by atoms with Crippen LogP contribution >= 0.6 is 0 Å². The molecule has 0 radical (unpaired) electrons. The Bertz CT molecular complexity index is 189. The predicted octanol–water partition coefficient (Wildman–Crippen LogP) is 3.59. The first-order chi connectivity index (χ1) is 5.99. The normalized spacial score (nSPS) is 14.8. The Labute approximate surface area is 82.2 Å². The summed E-state index contributed by atoms with van der Waals surface area (Å²) in [5, 5.41) is 0. The summed E-state index contributed by atoms with van der Waals surface area (Å²) in [6.07, 6.45) is 4.17. The highest BCUT2D eigenvalue weighted by molar-refractivity contribution is 5.91. The molecule has 76 valence electrons. The summed E-state index contributed by atoms with van der Waals surface area (Å²) >= 11 is 0. The molecule has 0 fully saturated rings. The van der Waals surface area contributed by atoms with Gasteiger partial charge in [0, 0.05) is 5.92 Å². The van der Waals surface area contributed by atoms with E-state index in [1.807, 2.05) is 19.9 Å². The van der Waals surface area contributed by atoms with Crippen LogP contribution in [0.5, 0.6) is 0 Å². The van der Waals surface area contributed by atoms with E-state index in [2.05, 4.69) is 20.8 Å². The second kappa shape index (κ2) is 5.95. The Hall–Kier alpha value is -0.590. The quantitative estimate of drug-likeness (QED) is 0.594. The van der Waals surface area contributed by atoms with Gasteiger partial charge in [-0.3, -0.25) is 4.79 Å². The third kappa shape index (κ3) is 4.87. The van der Waals surface area contributed by atoms with Gasteiger partial charge in [0.1, 0.15) is 0 Å². The maximum Gasteiger partial charge on any atom is 0.158 e. The molecule has 0 heterocycles. The van der Waals surface area contributed by atoms with Gasteiger partial charge >= 0.3 is 0 Å². The molecule has 0 aromatic carbocycles. The molecule has 1 heteroatoms. The monoisotopic (exact) mass is 182 g/mol. The third-order valence-electron chi connectivity index (χ3n) is 2.44. The highest BCUT2D eigenvalue weighted by Gasteiger charge is 2.07. The van der Waals surface area contributed by atoms with Crippen molar-refractivity contribution in [2.45, 2.75) is 47.5 Å². The Morgan fingerprint density at radius 2 is 1.85 bits per heavy atom. The fourth-order valence-electron chi connectivity index (χ4n) is 1.19. The van der Waals surface area contributed by atoms with Gasteiger partial charge in [0.25, 0.3) is 0 Å². The zero-order chi connectivity index (χ0) is 10.4. The number of carbonyl (C=O) groups is 1. The minimum absolute atomic E-state index is 0.128. The van der Waals surface area contributed by atoms with E-state index < -0.39 is 0 Å². The maximum absolute atomic E-state index is 11.4. The standard InChI is InChI=1S/C12H22O/c1-6-7-10(4)11(5)8-12(13)9(2)3/h8-10H,6-7H2,1-5H3/b11-8+. The second-order valence-corrected chi connectivity index (χ2v) is 4.14. The molecule has 1 nitrogen and oxygen atoms in total. The number of hydrogen-bond acceptors (Lipinski definition) is 1. The molecular weight excluding hydrogens is 160 g/mol. The molecule has 0 aliphatic carbocycles. The molecule has 0 aliphatic heterocycles. The van der Waals surface area contributed by atoms with E-state index in [1.54, 1.807) is 0 Å². The molecule has 0 bridgehead atoms. The van der Waals surface area contributed by atoms with Gasteiger partial charge in [-0.1, -0.05) is 39.7 Å². The summed E-state index contributed by atoms with van der Waals surface area (Å²) in [7, 11) is 0. The van der Waals surface area contributed by atoms with Crippen molar-refractivity contribution in [3.05, 3.63) is 11.6 Å². The maximum atomic E-state index is 11.4. The lowest BCUT2D eigenvalue weighted by Crippen LogP contribution is -2.06. The average Bonchev–Trinajstić information content (AvgIpc) is 2.04. The fraction of sp³-hybridized carbons (Fsp3) is 0.750. The zero-order valence-corrected chi connectivity index (χ0v) is 9.55.